The third kappa shape index (κ3) is 4.63. The van der Waals surface area contributed by atoms with Gasteiger partial charge in [-0.1, -0.05) is 32.0 Å². The van der Waals surface area contributed by atoms with Crippen LogP contribution in [0.25, 0.3) is 0 Å². The number of rotatable bonds is 7. The Kier molecular flexibility index (Phi) is 5.87. The maximum Gasteiger partial charge on any atom is 0.224 e. The Bertz CT molecular complexity index is 433. The molecule has 0 aliphatic heterocycles. The van der Waals surface area contributed by atoms with Crippen molar-refractivity contribution >= 4 is 5.91 Å². The van der Waals surface area contributed by atoms with E-state index in [4.69, 9.17) is 10.00 Å². The van der Waals surface area contributed by atoms with Gasteiger partial charge < -0.3 is 10.1 Å². The number of hydrogen-bond donors (Lipinski definition) is 1. The van der Waals surface area contributed by atoms with E-state index in [-0.39, 0.29) is 12.3 Å². The Balaban J connectivity index is 2.38. The maximum absolute atomic E-state index is 11.8. The van der Waals surface area contributed by atoms with Crippen molar-refractivity contribution in [1.29, 1.82) is 5.26 Å². The van der Waals surface area contributed by atoms with Crippen LogP contribution in [0, 0.1) is 11.3 Å². The van der Waals surface area contributed by atoms with Gasteiger partial charge in [0.05, 0.1) is 19.1 Å². The van der Waals surface area contributed by atoms with Gasteiger partial charge in [0.1, 0.15) is 11.3 Å². The topological polar surface area (TPSA) is 62.1 Å². The highest BCUT2D eigenvalue weighted by Crippen LogP contribution is 2.14. The van der Waals surface area contributed by atoms with Crippen LogP contribution in [0.3, 0.4) is 0 Å². The monoisotopic (exact) mass is 260 g/mol. The summed E-state index contributed by atoms with van der Waals surface area (Å²) in [6.45, 7) is 4.10. The van der Waals surface area contributed by atoms with Gasteiger partial charge in [0.25, 0.3) is 0 Å². The standard InChI is InChI=1S/C15H20N2O2/c1-3-15(4-2,12-16)17-14(18)10-11-19-13-8-6-5-7-9-13/h5-9H,3-4,10-11H2,1-2H3,(H,17,18). The largest absolute Gasteiger partial charge is 0.493 e. The highest BCUT2D eigenvalue weighted by molar-refractivity contribution is 5.77. The molecule has 0 radical (unpaired) electrons. The zero-order valence-corrected chi connectivity index (χ0v) is 11.5. The molecule has 0 saturated heterocycles. The summed E-state index contributed by atoms with van der Waals surface area (Å²) in [6.07, 6.45) is 1.45. The molecule has 0 saturated carbocycles. The Hall–Kier alpha value is -2.02. The van der Waals surface area contributed by atoms with Gasteiger partial charge in [-0.25, -0.2) is 0 Å². The first-order valence-corrected chi connectivity index (χ1v) is 6.56. The van der Waals surface area contributed by atoms with Gasteiger partial charge in [-0.3, -0.25) is 4.79 Å². The molecule has 1 aromatic carbocycles. The lowest BCUT2D eigenvalue weighted by molar-refractivity contribution is -0.123. The minimum absolute atomic E-state index is 0.152. The van der Waals surface area contributed by atoms with E-state index in [9.17, 15) is 4.79 Å². The summed E-state index contributed by atoms with van der Waals surface area (Å²) < 4.78 is 5.45. The van der Waals surface area contributed by atoms with Gasteiger partial charge in [-0.05, 0) is 25.0 Å². The van der Waals surface area contributed by atoms with Crippen LogP contribution in [-0.4, -0.2) is 18.1 Å². The molecule has 0 heterocycles. The number of para-hydroxylation sites is 1. The Morgan fingerprint density at radius 3 is 2.47 bits per heavy atom. The molecule has 1 rings (SSSR count). The minimum Gasteiger partial charge on any atom is -0.493 e. The van der Waals surface area contributed by atoms with Gasteiger partial charge in [0, 0.05) is 0 Å². The van der Waals surface area contributed by atoms with E-state index in [1.807, 2.05) is 44.2 Å². The number of nitrogens with zero attached hydrogens (tertiary/aromatic N) is 1. The number of amides is 1. The normalized spacial score (nSPS) is 10.6. The molecule has 1 amide bonds. The summed E-state index contributed by atoms with van der Waals surface area (Å²) in [6, 6.07) is 11.5. The number of hydrogen-bond acceptors (Lipinski definition) is 3. The Morgan fingerprint density at radius 1 is 1.32 bits per heavy atom. The van der Waals surface area contributed by atoms with Crippen LogP contribution >= 0.6 is 0 Å². The lowest BCUT2D eigenvalue weighted by Gasteiger charge is -2.24. The van der Waals surface area contributed by atoms with Crippen LogP contribution in [-0.2, 0) is 4.79 Å². The van der Waals surface area contributed by atoms with Gasteiger partial charge in [0.15, 0.2) is 0 Å². The fraction of sp³-hybridized carbons (Fsp3) is 0.467. The highest BCUT2D eigenvalue weighted by atomic mass is 16.5. The molecule has 102 valence electrons. The van der Waals surface area contributed by atoms with Crippen molar-refractivity contribution < 1.29 is 9.53 Å². The summed E-state index contributed by atoms with van der Waals surface area (Å²) in [7, 11) is 0. The minimum atomic E-state index is -0.746. The summed E-state index contributed by atoms with van der Waals surface area (Å²) in [5, 5.41) is 11.9. The first kappa shape index (κ1) is 15.0. The molecule has 0 bridgehead atoms. The van der Waals surface area contributed by atoms with Crippen molar-refractivity contribution in [3.8, 4) is 11.8 Å². The fourth-order valence-corrected chi connectivity index (χ4v) is 1.72. The summed E-state index contributed by atoms with van der Waals surface area (Å²) in [5.41, 5.74) is -0.746. The van der Waals surface area contributed by atoms with Crippen molar-refractivity contribution in [1.82, 2.24) is 5.32 Å². The molecule has 1 N–H and O–H groups in total. The first-order chi connectivity index (χ1) is 9.15. The van der Waals surface area contributed by atoms with Crippen LogP contribution in [0.4, 0.5) is 0 Å². The van der Waals surface area contributed by atoms with Crippen LogP contribution in [0.2, 0.25) is 0 Å². The number of carbonyl (C=O) groups is 1. The van der Waals surface area contributed by atoms with E-state index in [1.54, 1.807) is 0 Å². The lowest BCUT2D eigenvalue weighted by atomic mass is 9.94. The number of nitrogens with one attached hydrogen (secondary N) is 1. The van der Waals surface area contributed by atoms with Gasteiger partial charge in [0.2, 0.25) is 5.91 Å². The van der Waals surface area contributed by atoms with E-state index < -0.39 is 5.54 Å². The van der Waals surface area contributed by atoms with Crippen LogP contribution < -0.4 is 10.1 Å². The molecule has 4 heteroatoms. The molecule has 0 aromatic heterocycles. The molecule has 0 atom stereocenters. The second-order valence-corrected chi connectivity index (χ2v) is 4.36. The molecule has 0 aliphatic carbocycles. The molecule has 1 aromatic rings. The van der Waals surface area contributed by atoms with Crippen molar-refractivity contribution in [2.24, 2.45) is 0 Å². The SMILES string of the molecule is CCC(C#N)(CC)NC(=O)CCOc1ccccc1. The van der Waals surface area contributed by atoms with Crippen LogP contribution in [0.1, 0.15) is 33.1 Å². The van der Waals surface area contributed by atoms with E-state index in [1.165, 1.54) is 0 Å². The third-order valence-electron chi connectivity index (χ3n) is 3.14. The van der Waals surface area contributed by atoms with E-state index >= 15 is 0 Å². The molecular weight excluding hydrogens is 240 g/mol. The third-order valence-corrected chi connectivity index (χ3v) is 3.14. The van der Waals surface area contributed by atoms with Crippen LogP contribution in [0.5, 0.6) is 5.75 Å². The summed E-state index contributed by atoms with van der Waals surface area (Å²) >= 11 is 0. The molecule has 0 aliphatic rings. The zero-order valence-electron chi connectivity index (χ0n) is 11.5. The zero-order chi connectivity index (χ0) is 14.1. The van der Waals surface area contributed by atoms with Crippen molar-refractivity contribution in [3.63, 3.8) is 0 Å². The Labute approximate surface area is 114 Å². The number of carbonyl (C=O) groups excluding carboxylic acids is 1. The van der Waals surface area contributed by atoms with Gasteiger partial charge in [-0.15, -0.1) is 0 Å². The average Bonchev–Trinajstić information content (AvgIpc) is 2.46. The molecule has 0 unspecified atom stereocenters. The van der Waals surface area contributed by atoms with Gasteiger partial charge in [-0.2, -0.15) is 5.26 Å². The number of nitriles is 1. The van der Waals surface area contributed by atoms with Crippen molar-refractivity contribution in [2.75, 3.05) is 6.61 Å². The highest BCUT2D eigenvalue weighted by Gasteiger charge is 2.27. The average molecular weight is 260 g/mol. The quantitative estimate of drug-likeness (QED) is 0.819. The predicted octanol–water partition coefficient (Wildman–Crippen LogP) is 2.65. The number of ether oxygens (including phenoxy) is 1. The maximum atomic E-state index is 11.8. The Morgan fingerprint density at radius 2 is 1.95 bits per heavy atom. The molecule has 0 fully saturated rings. The first-order valence-electron chi connectivity index (χ1n) is 6.56. The van der Waals surface area contributed by atoms with Crippen molar-refractivity contribution in [2.45, 2.75) is 38.6 Å². The second-order valence-electron chi connectivity index (χ2n) is 4.36. The van der Waals surface area contributed by atoms with Crippen molar-refractivity contribution in [3.05, 3.63) is 30.3 Å². The van der Waals surface area contributed by atoms with E-state index in [0.29, 0.717) is 19.4 Å². The van der Waals surface area contributed by atoms with Crippen LogP contribution in [0.15, 0.2) is 30.3 Å². The molecule has 0 spiro atoms. The fourth-order valence-electron chi connectivity index (χ4n) is 1.72. The van der Waals surface area contributed by atoms with Gasteiger partial charge >= 0.3 is 0 Å². The van der Waals surface area contributed by atoms with E-state index in [0.717, 1.165) is 5.75 Å². The molecule has 4 nitrogen and oxygen atoms in total. The smallest absolute Gasteiger partial charge is 0.224 e. The summed E-state index contributed by atoms with van der Waals surface area (Å²) in [5.74, 6) is 0.592. The lowest BCUT2D eigenvalue weighted by Crippen LogP contribution is -2.46. The molecular formula is C15H20N2O2. The molecule has 19 heavy (non-hydrogen) atoms. The summed E-state index contributed by atoms with van der Waals surface area (Å²) in [4.78, 5) is 11.8. The predicted molar refractivity (Wildman–Crippen MR) is 73.6 cm³/mol. The second kappa shape index (κ2) is 7.42. The number of benzene rings is 1. The van der Waals surface area contributed by atoms with E-state index in [2.05, 4.69) is 11.4 Å².